The number of nitrogens with zero attached hydrogens (tertiary/aromatic N) is 2. The quantitative estimate of drug-likeness (QED) is 0.873. The van der Waals surface area contributed by atoms with Gasteiger partial charge in [-0.05, 0) is 20.8 Å². The van der Waals surface area contributed by atoms with Crippen molar-refractivity contribution in [3.8, 4) is 0 Å². The molecule has 1 aromatic rings. The molecular formula is C12H19N3O3. The van der Waals surface area contributed by atoms with Crippen LogP contribution in [0.2, 0.25) is 0 Å². The summed E-state index contributed by atoms with van der Waals surface area (Å²) in [4.78, 5) is 13.8. The summed E-state index contributed by atoms with van der Waals surface area (Å²) in [5.74, 6) is 0. The SMILES string of the molecule is COC[C@@H]1c2c[nH]nc2CN1C(=O)OC(C)(C)C. The summed E-state index contributed by atoms with van der Waals surface area (Å²) in [5.41, 5.74) is 1.38. The number of amides is 1. The maximum absolute atomic E-state index is 12.1. The van der Waals surface area contributed by atoms with Crippen molar-refractivity contribution in [3.05, 3.63) is 17.5 Å². The molecule has 0 radical (unpaired) electrons. The molecule has 0 spiro atoms. The van der Waals surface area contributed by atoms with Crippen LogP contribution in [-0.2, 0) is 16.0 Å². The molecule has 2 rings (SSSR count). The van der Waals surface area contributed by atoms with Crippen molar-refractivity contribution in [1.82, 2.24) is 15.1 Å². The first-order valence-corrected chi connectivity index (χ1v) is 5.93. The second-order valence-electron chi connectivity index (χ2n) is 5.37. The summed E-state index contributed by atoms with van der Waals surface area (Å²) < 4.78 is 10.6. The Hall–Kier alpha value is -1.56. The maximum Gasteiger partial charge on any atom is 0.411 e. The summed E-state index contributed by atoms with van der Waals surface area (Å²) >= 11 is 0. The average molecular weight is 253 g/mol. The van der Waals surface area contributed by atoms with Crippen molar-refractivity contribution in [1.29, 1.82) is 0 Å². The summed E-state index contributed by atoms with van der Waals surface area (Å²) in [6.45, 7) is 6.45. The van der Waals surface area contributed by atoms with Gasteiger partial charge in [0.15, 0.2) is 0 Å². The molecule has 1 aliphatic rings. The molecule has 0 fully saturated rings. The lowest BCUT2D eigenvalue weighted by molar-refractivity contribution is 0.00754. The van der Waals surface area contributed by atoms with Crippen LogP contribution in [-0.4, -0.2) is 40.5 Å². The minimum absolute atomic E-state index is 0.126. The molecule has 6 nitrogen and oxygen atoms in total. The fourth-order valence-electron chi connectivity index (χ4n) is 2.03. The van der Waals surface area contributed by atoms with Gasteiger partial charge in [-0.2, -0.15) is 5.10 Å². The van der Waals surface area contributed by atoms with Crippen LogP contribution in [0.4, 0.5) is 4.79 Å². The van der Waals surface area contributed by atoms with Crippen LogP contribution in [0.5, 0.6) is 0 Å². The number of rotatable bonds is 2. The Kier molecular flexibility index (Phi) is 3.30. The molecule has 1 aromatic heterocycles. The summed E-state index contributed by atoms with van der Waals surface area (Å²) in [5, 5.41) is 6.94. The van der Waals surface area contributed by atoms with Gasteiger partial charge in [0.1, 0.15) is 5.60 Å². The van der Waals surface area contributed by atoms with Gasteiger partial charge in [-0.1, -0.05) is 0 Å². The van der Waals surface area contributed by atoms with E-state index in [2.05, 4.69) is 10.2 Å². The van der Waals surface area contributed by atoms with Gasteiger partial charge in [0.2, 0.25) is 0 Å². The van der Waals surface area contributed by atoms with E-state index >= 15 is 0 Å². The van der Waals surface area contributed by atoms with Crippen molar-refractivity contribution < 1.29 is 14.3 Å². The van der Waals surface area contributed by atoms with Crippen LogP contribution in [0.25, 0.3) is 0 Å². The number of fused-ring (bicyclic) bond motifs is 1. The molecule has 1 N–H and O–H groups in total. The van der Waals surface area contributed by atoms with E-state index in [-0.39, 0.29) is 12.1 Å². The smallest absolute Gasteiger partial charge is 0.411 e. The number of aromatic nitrogens is 2. The van der Waals surface area contributed by atoms with E-state index in [0.29, 0.717) is 13.2 Å². The Bertz CT molecular complexity index is 436. The highest BCUT2D eigenvalue weighted by molar-refractivity contribution is 5.70. The van der Waals surface area contributed by atoms with Crippen molar-refractivity contribution in [3.63, 3.8) is 0 Å². The molecule has 0 unspecified atom stereocenters. The first kappa shape index (κ1) is 12.9. The number of methoxy groups -OCH3 is 1. The second-order valence-corrected chi connectivity index (χ2v) is 5.37. The van der Waals surface area contributed by atoms with Gasteiger partial charge in [-0.15, -0.1) is 0 Å². The molecule has 0 aromatic carbocycles. The van der Waals surface area contributed by atoms with E-state index in [1.807, 2.05) is 27.0 Å². The van der Waals surface area contributed by atoms with Gasteiger partial charge in [0.05, 0.1) is 24.9 Å². The van der Waals surface area contributed by atoms with Gasteiger partial charge < -0.3 is 9.47 Å². The fraction of sp³-hybridized carbons (Fsp3) is 0.667. The Balaban J connectivity index is 2.14. The molecule has 0 saturated carbocycles. The number of H-pyrrole nitrogens is 1. The number of hydrogen-bond acceptors (Lipinski definition) is 4. The van der Waals surface area contributed by atoms with E-state index in [0.717, 1.165) is 11.3 Å². The van der Waals surface area contributed by atoms with Crippen LogP contribution < -0.4 is 0 Å². The first-order chi connectivity index (χ1) is 8.42. The monoisotopic (exact) mass is 253 g/mol. The highest BCUT2D eigenvalue weighted by Gasteiger charge is 2.37. The summed E-state index contributed by atoms with van der Waals surface area (Å²) in [6, 6.07) is -0.126. The highest BCUT2D eigenvalue weighted by atomic mass is 16.6. The largest absolute Gasteiger partial charge is 0.444 e. The molecule has 1 atom stereocenters. The van der Waals surface area contributed by atoms with E-state index in [4.69, 9.17) is 9.47 Å². The lowest BCUT2D eigenvalue weighted by Crippen LogP contribution is -2.37. The van der Waals surface area contributed by atoms with Gasteiger partial charge in [0, 0.05) is 18.9 Å². The normalized spacial score (nSPS) is 18.9. The number of nitrogens with one attached hydrogen (secondary N) is 1. The molecule has 0 aliphatic carbocycles. The minimum atomic E-state index is -0.499. The fourth-order valence-corrected chi connectivity index (χ4v) is 2.03. The van der Waals surface area contributed by atoms with Gasteiger partial charge >= 0.3 is 6.09 Å². The van der Waals surface area contributed by atoms with Crippen LogP contribution in [0.1, 0.15) is 38.1 Å². The number of carbonyl (C=O) groups is 1. The number of aromatic amines is 1. The van der Waals surface area contributed by atoms with Crippen molar-refractivity contribution in [2.75, 3.05) is 13.7 Å². The topological polar surface area (TPSA) is 67.5 Å². The zero-order valence-corrected chi connectivity index (χ0v) is 11.2. The highest BCUT2D eigenvalue weighted by Crippen LogP contribution is 2.33. The number of ether oxygens (including phenoxy) is 2. The van der Waals surface area contributed by atoms with Crippen molar-refractivity contribution >= 4 is 6.09 Å². The maximum atomic E-state index is 12.1. The van der Waals surface area contributed by atoms with E-state index < -0.39 is 5.60 Å². The number of carbonyl (C=O) groups excluding carboxylic acids is 1. The van der Waals surface area contributed by atoms with Crippen LogP contribution >= 0.6 is 0 Å². The van der Waals surface area contributed by atoms with Crippen molar-refractivity contribution in [2.24, 2.45) is 0 Å². The molecule has 1 aliphatic heterocycles. The van der Waals surface area contributed by atoms with Gasteiger partial charge in [-0.3, -0.25) is 10.00 Å². The van der Waals surface area contributed by atoms with Crippen LogP contribution in [0.3, 0.4) is 0 Å². The molecule has 6 heteroatoms. The lowest BCUT2D eigenvalue weighted by Gasteiger charge is -2.28. The molecule has 2 heterocycles. The molecule has 1 amide bonds. The minimum Gasteiger partial charge on any atom is -0.444 e. The third-order valence-electron chi connectivity index (χ3n) is 2.76. The Morgan fingerprint density at radius 2 is 2.33 bits per heavy atom. The zero-order chi connectivity index (χ0) is 13.3. The standard InChI is InChI=1S/C12H19N3O3/c1-12(2,3)18-11(16)15-6-9-8(5-13-14-9)10(15)7-17-4/h5,10H,6-7H2,1-4H3,(H,13,14)/t10-/m1/s1. The zero-order valence-electron chi connectivity index (χ0n) is 11.2. The third-order valence-corrected chi connectivity index (χ3v) is 2.76. The summed E-state index contributed by atoms with van der Waals surface area (Å²) in [7, 11) is 1.62. The molecule has 18 heavy (non-hydrogen) atoms. The van der Waals surface area contributed by atoms with E-state index in [1.165, 1.54) is 0 Å². The van der Waals surface area contributed by atoms with Gasteiger partial charge in [-0.25, -0.2) is 4.79 Å². The Labute approximate surface area is 106 Å². The van der Waals surface area contributed by atoms with Crippen LogP contribution in [0, 0.1) is 0 Å². The molecular weight excluding hydrogens is 234 g/mol. The molecule has 0 bridgehead atoms. The van der Waals surface area contributed by atoms with Gasteiger partial charge in [0.25, 0.3) is 0 Å². The summed E-state index contributed by atoms with van der Waals surface area (Å²) in [6.07, 6.45) is 1.48. The molecule has 100 valence electrons. The predicted molar refractivity (Wildman–Crippen MR) is 65.0 cm³/mol. The Morgan fingerprint density at radius 3 is 2.94 bits per heavy atom. The second kappa shape index (κ2) is 4.61. The van der Waals surface area contributed by atoms with E-state index in [1.54, 1.807) is 12.0 Å². The number of hydrogen-bond donors (Lipinski definition) is 1. The first-order valence-electron chi connectivity index (χ1n) is 5.93. The average Bonchev–Trinajstić information content (AvgIpc) is 2.78. The third kappa shape index (κ3) is 2.48. The van der Waals surface area contributed by atoms with Crippen molar-refractivity contribution in [2.45, 2.75) is 39.0 Å². The predicted octanol–water partition coefficient (Wildman–Crippen LogP) is 1.85. The lowest BCUT2D eigenvalue weighted by atomic mass is 10.2. The molecule has 0 saturated heterocycles. The van der Waals surface area contributed by atoms with Crippen LogP contribution in [0.15, 0.2) is 6.20 Å². The van der Waals surface area contributed by atoms with E-state index in [9.17, 15) is 4.79 Å². The Morgan fingerprint density at radius 1 is 1.61 bits per heavy atom.